The molecule has 0 amide bonds. The Morgan fingerprint density at radius 1 is 0.792 bits per heavy atom. The number of nitrogens with zero attached hydrogens (tertiary/aromatic N) is 3. The van der Waals surface area contributed by atoms with E-state index in [-0.39, 0.29) is 5.41 Å². The van der Waals surface area contributed by atoms with E-state index >= 15 is 0 Å². The minimum Gasteiger partial charge on any atom is -0.317 e. The maximum Gasteiger partial charge on any atom is 0.160 e. The fourth-order valence-electron chi connectivity index (χ4n) is 9.69. The molecule has 0 bridgehead atoms. The quantitative estimate of drug-likeness (QED) is 0.191. The van der Waals surface area contributed by atoms with Gasteiger partial charge < -0.3 is 4.90 Å². The molecule has 1 aromatic heterocycles. The van der Waals surface area contributed by atoms with Crippen LogP contribution >= 0.6 is 0 Å². The molecule has 2 heterocycles. The molecule has 2 unspecified atom stereocenters. The number of unbranched alkanes of at least 4 members (excludes halogenated alkanes) is 1. The van der Waals surface area contributed by atoms with E-state index in [0.29, 0.717) is 29.6 Å². The van der Waals surface area contributed by atoms with Crippen molar-refractivity contribution in [3.05, 3.63) is 149 Å². The van der Waals surface area contributed by atoms with Crippen molar-refractivity contribution in [2.45, 2.75) is 47.0 Å². The number of rotatable bonds is 7. The lowest BCUT2D eigenvalue weighted by atomic mass is 9.70. The van der Waals surface area contributed by atoms with Crippen LogP contribution in [0.4, 0.5) is 5.69 Å². The average molecular weight is 626 g/mol. The second-order valence-corrected chi connectivity index (χ2v) is 14.9. The summed E-state index contributed by atoms with van der Waals surface area (Å²) < 4.78 is 0. The van der Waals surface area contributed by atoms with Crippen molar-refractivity contribution in [3.8, 4) is 33.9 Å². The Morgan fingerprint density at radius 2 is 1.48 bits per heavy atom. The Hall–Kier alpha value is -4.76. The zero-order valence-electron chi connectivity index (χ0n) is 28.4. The third kappa shape index (κ3) is 4.54. The predicted octanol–water partition coefficient (Wildman–Crippen LogP) is 11.2. The minimum atomic E-state index is 0.246. The first kappa shape index (κ1) is 29.4. The number of fused-ring (bicyclic) bond motifs is 3. The van der Waals surface area contributed by atoms with E-state index in [1.54, 1.807) is 16.7 Å². The summed E-state index contributed by atoms with van der Waals surface area (Å²) in [5.74, 6) is 3.93. The van der Waals surface area contributed by atoms with Crippen LogP contribution in [-0.4, -0.2) is 9.97 Å². The maximum absolute atomic E-state index is 5.12. The monoisotopic (exact) mass is 625 g/mol. The standard InChI is InChI=1S/C45H43N3/c1-5-6-20-36-28(2)35-26-31-23-24-48(39-22-21-34-41(40(31)39)42(34)43(35)45(36,3)4)33-19-13-18-32(25-33)44-46-37(29-14-9-7-10-15-29)27-38(47-44)30-16-11-8-12-17-30/h7-19,21-27,34-35,41-43H,5-6,20H2,1-4H3/t34-,35-,41-,42?,43?/m1/s1. The lowest BCUT2D eigenvalue weighted by molar-refractivity contribution is 0.212. The molecule has 3 heteroatoms. The van der Waals surface area contributed by atoms with Gasteiger partial charge in [0.15, 0.2) is 5.82 Å². The largest absolute Gasteiger partial charge is 0.317 e. The topological polar surface area (TPSA) is 29.0 Å². The van der Waals surface area contributed by atoms with Gasteiger partial charge in [0.1, 0.15) is 0 Å². The fraction of sp³-hybridized carbons (Fsp3) is 0.289. The van der Waals surface area contributed by atoms with Crippen molar-refractivity contribution in [3.63, 3.8) is 0 Å². The Morgan fingerprint density at radius 3 is 2.17 bits per heavy atom. The number of aromatic nitrogens is 2. The van der Waals surface area contributed by atoms with Crippen molar-refractivity contribution >= 4 is 5.69 Å². The second-order valence-electron chi connectivity index (χ2n) is 14.9. The molecule has 5 aliphatic rings. The van der Waals surface area contributed by atoms with E-state index in [2.05, 4.69) is 142 Å². The van der Waals surface area contributed by atoms with Crippen molar-refractivity contribution in [1.82, 2.24) is 9.97 Å². The average Bonchev–Trinajstić information content (AvgIpc) is 3.84. The highest BCUT2D eigenvalue weighted by Gasteiger charge is 2.64. The van der Waals surface area contributed by atoms with Gasteiger partial charge in [0.2, 0.25) is 0 Å². The molecule has 0 radical (unpaired) electrons. The van der Waals surface area contributed by atoms with Crippen molar-refractivity contribution in [2.24, 2.45) is 35.0 Å². The van der Waals surface area contributed by atoms with Gasteiger partial charge in [-0.2, -0.15) is 0 Å². The first-order valence-corrected chi connectivity index (χ1v) is 17.9. The van der Waals surface area contributed by atoms with Crippen LogP contribution in [0.3, 0.4) is 0 Å². The molecular weight excluding hydrogens is 583 g/mol. The van der Waals surface area contributed by atoms with Gasteiger partial charge in [0.25, 0.3) is 0 Å². The third-order valence-electron chi connectivity index (χ3n) is 12.0. The summed E-state index contributed by atoms with van der Waals surface area (Å²) in [4.78, 5) is 12.6. The molecule has 3 nitrogen and oxygen atoms in total. The van der Waals surface area contributed by atoms with Gasteiger partial charge in [0.05, 0.1) is 11.4 Å². The van der Waals surface area contributed by atoms with Gasteiger partial charge in [0, 0.05) is 40.2 Å². The molecule has 0 saturated heterocycles. The summed E-state index contributed by atoms with van der Waals surface area (Å²) >= 11 is 0. The summed E-state index contributed by atoms with van der Waals surface area (Å²) in [6, 6.07) is 31.7. The van der Waals surface area contributed by atoms with Gasteiger partial charge >= 0.3 is 0 Å². The molecule has 48 heavy (non-hydrogen) atoms. The highest BCUT2D eigenvalue weighted by Crippen LogP contribution is 2.71. The molecule has 1 saturated carbocycles. The minimum absolute atomic E-state index is 0.246. The number of hydrogen-bond donors (Lipinski definition) is 0. The third-order valence-corrected chi connectivity index (χ3v) is 12.0. The van der Waals surface area contributed by atoms with E-state index in [4.69, 9.17) is 9.97 Å². The van der Waals surface area contributed by atoms with Crippen LogP contribution < -0.4 is 4.90 Å². The lowest BCUT2D eigenvalue weighted by Gasteiger charge is -2.34. The van der Waals surface area contributed by atoms with Gasteiger partial charge in [-0.15, -0.1) is 0 Å². The molecule has 238 valence electrons. The molecular formula is C45H43N3. The molecule has 3 aromatic carbocycles. The van der Waals surface area contributed by atoms with Crippen LogP contribution in [0.1, 0.15) is 47.0 Å². The first-order chi connectivity index (χ1) is 23.4. The molecule has 1 aliphatic heterocycles. The molecule has 1 fully saturated rings. The van der Waals surface area contributed by atoms with Crippen LogP contribution in [0.25, 0.3) is 33.9 Å². The van der Waals surface area contributed by atoms with Gasteiger partial charge in [-0.25, -0.2) is 9.97 Å². The smallest absolute Gasteiger partial charge is 0.160 e. The Kier molecular flexibility index (Phi) is 6.83. The van der Waals surface area contributed by atoms with E-state index in [0.717, 1.165) is 39.6 Å². The number of anilines is 1. The number of benzene rings is 3. The lowest BCUT2D eigenvalue weighted by Crippen LogP contribution is -2.27. The van der Waals surface area contributed by atoms with Gasteiger partial charge in [-0.1, -0.05) is 123 Å². The molecule has 9 rings (SSSR count). The van der Waals surface area contributed by atoms with E-state index in [1.165, 1.54) is 30.5 Å². The van der Waals surface area contributed by atoms with E-state index in [9.17, 15) is 0 Å². The molecule has 4 aromatic rings. The zero-order chi connectivity index (χ0) is 32.6. The van der Waals surface area contributed by atoms with Crippen LogP contribution in [0.2, 0.25) is 0 Å². The van der Waals surface area contributed by atoms with Crippen LogP contribution in [0.15, 0.2) is 149 Å². The Labute approximate surface area is 285 Å². The van der Waals surface area contributed by atoms with Gasteiger partial charge in [-0.05, 0) is 90.3 Å². The highest BCUT2D eigenvalue weighted by atomic mass is 15.1. The zero-order valence-corrected chi connectivity index (χ0v) is 28.4. The number of hydrogen-bond acceptors (Lipinski definition) is 3. The predicted molar refractivity (Wildman–Crippen MR) is 198 cm³/mol. The van der Waals surface area contributed by atoms with Crippen molar-refractivity contribution < 1.29 is 0 Å². The molecule has 4 aliphatic carbocycles. The van der Waals surface area contributed by atoms with Crippen LogP contribution in [-0.2, 0) is 0 Å². The SMILES string of the molecule is CCCCC1=C(C)[C@H]2C=C3C=CN(c4cccc(-c5nc(-c6ccccc6)cc(-c6ccccc6)n5)c4)C4=C3[C@@H]3C(C2C1(C)C)[C@@H]3C=C4. The summed E-state index contributed by atoms with van der Waals surface area (Å²) in [5, 5.41) is 0. The fourth-order valence-corrected chi connectivity index (χ4v) is 9.69. The summed E-state index contributed by atoms with van der Waals surface area (Å²) in [7, 11) is 0. The molecule has 0 spiro atoms. The Bertz CT molecular complexity index is 2020. The van der Waals surface area contributed by atoms with E-state index < -0.39 is 0 Å². The van der Waals surface area contributed by atoms with Crippen LogP contribution in [0, 0.1) is 35.0 Å². The molecule has 5 atom stereocenters. The second kappa shape index (κ2) is 11.2. The maximum atomic E-state index is 5.12. The summed E-state index contributed by atoms with van der Waals surface area (Å²) in [5.41, 5.74) is 14.2. The molecule has 0 N–H and O–H groups in total. The summed E-state index contributed by atoms with van der Waals surface area (Å²) in [6.07, 6.45) is 16.1. The van der Waals surface area contributed by atoms with Crippen molar-refractivity contribution in [1.29, 1.82) is 0 Å². The first-order valence-electron chi connectivity index (χ1n) is 17.9. The van der Waals surface area contributed by atoms with Crippen LogP contribution in [0.5, 0.6) is 0 Å². The Balaban J connectivity index is 1.11. The van der Waals surface area contributed by atoms with E-state index in [1.807, 2.05) is 12.1 Å². The van der Waals surface area contributed by atoms with Crippen molar-refractivity contribution in [2.75, 3.05) is 4.90 Å². The number of allylic oxidation sites excluding steroid dienone is 8. The van der Waals surface area contributed by atoms with Gasteiger partial charge in [-0.3, -0.25) is 0 Å². The summed E-state index contributed by atoms with van der Waals surface area (Å²) in [6.45, 7) is 9.87. The highest BCUT2D eigenvalue weighted by molar-refractivity contribution is 5.75. The normalized spacial score (nSPS) is 25.9.